The summed E-state index contributed by atoms with van der Waals surface area (Å²) in [5, 5.41) is 15.2. The maximum absolute atomic E-state index is 9.44. The number of furan rings is 1. The number of aryl methyl sites for hydroxylation is 1. The molecule has 0 atom stereocenters. The van der Waals surface area contributed by atoms with E-state index in [-0.39, 0.29) is 0 Å². The minimum atomic E-state index is 0.427. The van der Waals surface area contributed by atoms with E-state index in [1.165, 1.54) is 0 Å². The molecule has 0 radical (unpaired) electrons. The zero-order chi connectivity index (χ0) is 31.9. The van der Waals surface area contributed by atoms with Gasteiger partial charge < -0.3 is 4.42 Å². The molecule has 6 heteroatoms. The van der Waals surface area contributed by atoms with E-state index in [9.17, 15) is 5.41 Å². The van der Waals surface area contributed by atoms with Gasteiger partial charge in [0.2, 0.25) is 5.95 Å². The molecule has 4 heterocycles. The van der Waals surface area contributed by atoms with Crippen LogP contribution in [0.3, 0.4) is 0 Å². The lowest BCUT2D eigenvalue weighted by Crippen LogP contribution is -2.19. The van der Waals surface area contributed by atoms with E-state index in [2.05, 4.69) is 84.3 Å². The monoisotopic (exact) mass is 617 g/mol. The summed E-state index contributed by atoms with van der Waals surface area (Å²) in [6, 6.07) is 47.4. The SMILES string of the molecule is Cc1ccccc1-n1c(=N)c2ccccc2c2oc3c(ccc4c3c3ccccc3n4-c3nc(-c4ccccc4)c4ccccc4n3)c21. The molecule has 0 aliphatic heterocycles. The Morgan fingerprint density at radius 1 is 0.542 bits per heavy atom. The van der Waals surface area contributed by atoms with Gasteiger partial charge in [0.1, 0.15) is 16.6 Å². The number of benzene rings is 6. The third-order valence-corrected chi connectivity index (χ3v) is 9.53. The molecule has 0 spiro atoms. The first kappa shape index (κ1) is 26.7. The van der Waals surface area contributed by atoms with E-state index in [0.29, 0.717) is 11.4 Å². The number of nitrogens with one attached hydrogen (secondary N) is 1. The van der Waals surface area contributed by atoms with E-state index >= 15 is 0 Å². The Bertz CT molecular complexity index is 2990. The van der Waals surface area contributed by atoms with Crippen molar-refractivity contribution in [3.63, 3.8) is 0 Å². The lowest BCUT2D eigenvalue weighted by Gasteiger charge is -2.14. The van der Waals surface area contributed by atoms with Gasteiger partial charge in [0.15, 0.2) is 5.58 Å². The van der Waals surface area contributed by atoms with Gasteiger partial charge in [-0.3, -0.25) is 14.5 Å². The molecule has 226 valence electrons. The second-order valence-electron chi connectivity index (χ2n) is 12.2. The molecule has 6 nitrogen and oxygen atoms in total. The van der Waals surface area contributed by atoms with Gasteiger partial charge >= 0.3 is 0 Å². The Balaban J connectivity index is 1.37. The fraction of sp³-hybridized carbons (Fsp3) is 0.0238. The van der Waals surface area contributed by atoms with Crippen molar-refractivity contribution >= 4 is 65.6 Å². The maximum Gasteiger partial charge on any atom is 0.235 e. The Hall–Kier alpha value is -6.53. The summed E-state index contributed by atoms with van der Waals surface area (Å²) in [5.74, 6) is 0.600. The molecular weight excluding hydrogens is 590 g/mol. The fourth-order valence-electron chi connectivity index (χ4n) is 7.37. The van der Waals surface area contributed by atoms with Crippen LogP contribution in [-0.2, 0) is 0 Å². The van der Waals surface area contributed by atoms with Gasteiger partial charge in [0, 0.05) is 32.5 Å². The fourth-order valence-corrected chi connectivity index (χ4v) is 7.37. The highest BCUT2D eigenvalue weighted by Gasteiger charge is 2.24. The molecule has 1 N–H and O–H groups in total. The Morgan fingerprint density at radius 3 is 2.06 bits per heavy atom. The molecule has 0 bridgehead atoms. The van der Waals surface area contributed by atoms with Crippen LogP contribution in [0.4, 0.5) is 0 Å². The Labute approximate surface area is 274 Å². The molecule has 10 rings (SSSR count). The summed E-state index contributed by atoms with van der Waals surface area (Å²) in [5.41, 5.74) is 9.65. The van der Waals surface area contributed by atoms with Crippen LogP contribution in [0.15, 0.2) is 144 Å². The Morgan fingerprint density at radius 2 is 1.23 bits per heavy atom. The first-order chi connectivity index (χ1) is 23.7. The van der Waals surface area contributed by atoms with E-state index < -0.39 is 0 Å². The molecule has 0 unspecified atom stereocenters. The summed E-state index contributed by atoms with van der Waals surface area (Å²) in [6.07, 6.45) is 0. The number of nitrogens with zero attached hydrogens (tertiary/aromatic N) is 4. The van der Waals surface area contributed by atoms with Crippen molar-refractivity contribution in [3.05, 3.63) is 151 Å². The van der Waals surface area contributed by atoms with Crippen LogP contribution >= 0.6 is 0 Å². The number of hydrogen-bond acceptors (Lipinski definition) is 4. The second-order valence-corrected chi connectivity index (χ2v) is 12.2. The molecule has 0 fully saturated rings. The topological polar surface area (TPSA) is 72.6 Å². The molecular formula is C42H27N5O. The van der Waals surface area contributed by atoms with Crippen LogP contribution in [0.2, 0.25) is 0 Å². The number of rotatable bonds is 3. The van der Waals surface area contributed by atoms with Crippen molar-refractivity contribution < 1.29 is 4.42 Å². The summed E-state index contributed by atoms with van der Waals surface area (Å²) in [4.78, 5) is 10.4. The van der Waals surface area contributed by atoms with Gasteiger partial charge in [0.25, 0.3) is 0 Å². The molecule has 0 amide bonds. The van der Waals surface area contributed by atoms with Gasteiger partial charge in [-0.25, -0.2) is 9.97 Å². The minimum Gasteiger partial charge on any atom is -0.453 e. The van der Waals surface area contributed by atoms with Crippen LogP contribution in [0.5, 0.6) is 0 Å². The van der Waals surface area contributed by atoms with Gasteiger partial charge in [0.05, 0.1) is 33.3 Å². The number of aromatic nitrogens is 4. The highest BCUT2D eigenvalue weighted by molar-refractivity contribution is 6.25. The first-order valence-electron chi connectivity index (χ1n) is 16.0. The smallest absolute Gasteiger partial charge is 0.235 e. The molecule has 10 aromatic rings. The van der Waals surface area contributed by atoms with E-state index in [0.717, 1.165) is 88.1 Å². The zero-order valence-corrected chi connectivity index (χ0v) is 26.0. The first-order valence-corrected chi connectivity index (χ1v) is 16.0. The third-order valence-electron chi connectivity index (χ3n) is 9.53. The Kier molecular flexibility index (Phi) is 5.55. The maximum atomic E-state index is 9.44. The van der Waals surface area contributed by atoms with Crippen LogP contribution in [-0.4, -0.2) is 19.1 Å². The highest BCUT2D eigenvalue weighted by Crippen LogP contribution is 2.42. The molecule has 6 aromatic carbocycles. The normalized spacial score (nSPS) is 11.9. The van der Waals surface area contributed by atoms with Crippen molar-refractivity contribution in [2.24, 2.45) is 0 Å². The summed E-state index contributed by atoms with van der Waals surface area (Å²) in [6.45, 7) is 2.09. The van der Waals surface area contributed by atoms with Crippen LogP contribution in [0.25, 0.3) is 88.4 Å². The zero-order valence-electron chi connectivity index (χ0n) is 26.0. The standard InChI is InChI=1S/C42H27N5O/c1-25-13-5-11-21-33(25)47-38-31-23-24-35-36(39(31)48-40(38)27-16-6-7-17-28(27)41(47)43)30-19-9-12-22-34(30)46(35)42-44-32-20-10-8-18-29(32)37(45-42)26-14-3-2-4-15-26/h2-24,43H,1H3. The molecule has 0 saturated carbocycles. The van der Waals surface area contributed by atoms with Crippen molar-refractivity contribution in [2.45, 2.75) is 6.92 Å². The highest BCUT2D eigenvalue weighted by atomic mass is 16.3. The molecule has 0 aliphatic carbocycles. The lowest BCUT2D eigenvalue weighted by molar-refractivity contribution is 0.674. The molecule has 4 aromatic heterocycles. The average molecular weight is 618 g/mol. The predicted octanol–water partition coefficient (Wildman–Crippen LogP) is 10.0. The number of fused-ring (bicyclic) bond motifs is 10. The van der Waals surface area contributed by atoms with Gasteiger partial charge in [-0.05, 0) is 42.8 Å². The van der Waals surface area contributed by atoms with Gasteiger partial charge in [-0.1, -0.05) is 109 Å². The van der Waals surface area contributed by atoms with Crippen LogP contribution < -0.4 is 5.49 Å². The van der Waals surface area contributed by atoms with Crippen molar-refractivity contribution in [1.82, 2.24) is 19.1 Å². The summed E-state index contributed by atoms with van der Waals surface area (Å²) < 4.78 is 11.2. The van der Waals surface area contributed by atoms with E-state index in [4.69, 9.17) is 14.4 Å². The molecule has 0 saturated heterocycles. The molecule has 0 aliphatic rings. The van der Waals surface area contributed by atoms with Crippen molar-refractivity contribution in [3.8, 4) is 22.9 Å². The van der Waals surface area contributed by atoms with Crippen molar-refractivity contribution in [1.29, 1.82) is 5.41 Å². The second kappa shape index (κ2) is 9.98. The largest absolute Gasteiger partial charge is 0.453 e. The average Bonchev–Trinajstić information content (AvgIpc) is 3.69. The van der Waals surface area contributed by atoms with Crippen molar-refractivity contribution in [2.75, 3.05) is 0 Å². The minimum absolute atomic E-state index is 0.427. The quantitative estimate of drug-likeness (QED) is 0.214. The van der Waals surface area contributed by atoms with Crippen LogP contribution in [0.1, 0.15) is 5.56 Å². The van der Waals surface area contributed by atoms with E-state index in [1.807, 2.05) is 71.3 Å². The van der Waals surface area contributed by atoms with Crippen LogP contribution in [0, 0.1) is 12.3 Å². The van der Waals surface area contributed by atoms with Gasteiger partial charge in [-0.2, -0.15) is 0 Å². The van der Waals surface area contributed by atoms with Gasteiger partial charge in [-0.15, -0.1) is 0 Å². The lowest BCUT2D eigenvalue weighted by atomic mass is 10.1. The summed E-state index contributed by atoms with van der Waals surface area (Å²) >= 11 is 0. The number of para-hydroxylation sites is 3. The summed E-state index contributed by atoms with van der Waals surface area (Å²) in [7, 11) is 0. The third kappa shape index (κ3) is 3.65. The predicted molar refractivity (Wildman–Crippen MR) is 194 cm³/mol. The number of hydrogen-bond donors (Lipinski definition) is 1. The molecule has 48 heavy (non-hydrogen) atoms. The number of pyridine rings is 1. The van der Waals surface area contributed by atoms with E-state index in [1.54, 1.807) is 0 Å².